The van der Waals surface area contributed by atoms with Crippen molar-refractivity contribution in [2.75, 3.05) is 59.8 Å². The van der Waals surface area contributed by atoms with Crippen molar-refractivity contribution in [3.63, 3.8) is 0 Å². The molecule has 10 heteroatoms. The molecule has 0 bridgehead atoms. The first-order valence-electron chi connectivity index (χ1n) is 9.11. The molecule has 1 fully saturated rings. The number of piperazine rings is 1. The highest BCUT2D eigenvalue weighted by Crippen LogP contribution is 2.34. The van der Waals surface area contributed by atoms with Crippen LogP contribution in [0.4, 0.5) is 4.79 Å². The normalized spacial score (nSPS) is 15.7. The molecule has 156 valence electrons. The summed E-state index contributed by atoms with van der Waals surface area (Å²) in [4.78, 5) is 19.9. The maximum absolute atomic E-state index is 11.8. The first-order valence-corrected chi connectivity index (χ1v) is 9.11. The molecule has 9 nitrogen and oxygen atoms in total. The fraction of sp³-hybridized carbons (Fsp3) is 0.556. The Hall–Kier alpha value is -2.11. The van der Waals surface area contributed by atoms with Crippen LogP contribution in [-0.4, -0.2) is 81.6 Å². The highest BCUT2D eigenvalue weighted by atomic mass is 127. The number of rotatable bonds is 5. The minimum Gasteiger partial charge on any atom is -0.492 e. The molecule has 1 saturated heterocycles. The van der Waals surface area contributed by atoms with Crippen molar-refractivity contribution in [1.82, 2.24) is 15.1 Å². The summed E-state index contributed by atoms with van der Waals surface area (Å²) in [5, 5.41) is 3.29. The second-order valence-electron chi connectivity index (χ2n) is 6.01. The van der Waals surface area contributed by atoms with Crippen molar-refractivity contribution in [3.05, 3.63) is 18.2 Å². The van der Waals surface area contributed by atoms with E-state index in [-0.39, 0.29) is 36.9 Å². The maximum atomic E-state index is 11.8. The van der Waals surface area contributed by atoms with Gasteiger partial charge in [0.25, 0.3) is 0 Å². The largest absolute Gasteiger partial charge is 0.492 e. The summed E-state index contributed by atoms with van der Waals surface area (Å²) in [5.74, 6) is 2.98. The number of halogens is 1. The number of aliphatic imine (C=N–C) groups is 1. The molecule has 1 aromatic carbocycles. The summed E-state index contributed by atoms with van der Waals surface area (Å²) in [6.45, 7) is 6.21. The second-order valence-corrected chi connectivity index (χ2v) is 6.01. The highest BCUT2D eigenvalue weighted by molar-refractivity contribution is 14.0. The standard InChI is InChI=1S/C18H26N4O5.HI/c1-3-24-18(23)22-9-7-21(8-10-22)17(19-2)20-6-11-25-14-4-5-15-16(12-14)27-13-26-15;/h4-5,12H,3,6-11,13H2,1-2H3,(H,19,20);1H. The van der Waals surface area contributed by atoms with Crippen LogP contribution in [0.2, 0.25) is 0 Å². The number of carbonyl (C=O) groups excluding carboxylic acids is 1. The molecule has 0 radical (unpaired) electrons. The van der Waals surface area contributed by atoms with E-state index in [0.717, 1.165) is 17.5 Å². The van der Waals surface area contributed by atoms with Crippen molar-refractivity contribution < 1.29 is 23.7 Å². The van der Waals surface area contributed by atoms with Gasteiger partial charge in [0, 0.05) is 39.3 Å². The van der Waals surface area contributed by atoms with Crippen LogP contribution in [-0.2, 0) is 4.74 Å². The predicted octanol–water partition coefficient (Wildman–Crippen LogP) is 1.76. The number of guanidine groups is 1. The van der Waals surface area contributed by atoms with Gasteiger partial charge >= 0.3 is 6.09 Å². The summed E-state index contributed by atoms with van der Waals surface area (Å²) >= 11 is 0. The molecule has 0 aliphatic carbocycles. The number of fused-ring (bicyclic) bond motifs is 1. The molecule has 3 rings (SSSR count). The van der Waals surface area contributed by atoms with E-state index in [9.17, 15) is 4.79 Å². The minimum atomic E-state index is -0.253. The van der Waals surface area contributed by atoms with E-state index in [0.29, 0.717) is 51.7 Å². The van der Waals surface area contributed by atoms with Gasteiger partial charge in [-0.1, -0.05) is 0 Å². The molecule has 2 aliphatic heterocycles. The Morgan fingerprint density at radius 2 is 1.89 bits per heavy atom. The zero-order valence-electron chi connectivity index (χ0n) is 16.2. The third kappa shape index (κ3) is 5.69. The first kappa shape index (κ1) is 22.2. The molecule has 1 amide bonds. The lowest BCUT2D eigenvalue weighted by atomic mass is 10.3. The van der Waals surface area contributed by atoms with Crippen molar-refractivity contribution in [2.45, 2.75) is 6.92 Å². The van der Waals surface area contributed by atoms with E-state index >= 15 is 0 Å². The Balaban J connectivity index is 0.00000280. The SMILES string of the molecule is CCOC(=O)N1CCN(C(=NC)NCCOc2ccc3c(c2)OCO3)CC1.I. The number of amides is 1. The van der Waals surface area contributed by atoms with Gasteiger partial charge < -0.3 is 34.1 Å². The lowest BCUT2D eigenvalue weighted by Crippen LogP contribution is -2.54. The van der Waals surface area contributed by atoms with E-state index in [2.05, 4.69) is 15.2 Å². The monoisotopic (exact) mass is 506 g/mol. The highest BCUT2D eigenvalue weighted by Gasteiger charge is 2.23. The number of benzene rings is 1. The van der Waals surface area contributed by atoms with Gasteiger partial charge in [0.05, 0.1) is 13.2 Å². The van der Waals surface area contributed by atoms with Crippen LogP contribution >= 0.6 is 24.0 Å². The Morgan fingerprint density at radius 1 is 1.18 bits per heavy atom. The van der Waals surface area contributed by atoms with Crippen molar-refractivity contribution >= 4 is 36.0 Å². The average Bonchev–Trinajstić information content (AvgIpc) is 3.16. The smallest absolute Gasteiger partial charge is 0.409 e. The van der Waals surface area contributed by atoms with E-state index < -0.39 is 0 Å². The molecular weight excluding hydrogens is 479 g/mol. The van der Waals surface area contributed by atoms with Gasteiger partial charge in [0.1, 0.15) is 12.4 Å². The second kappa shape index (κ2) is 11.0. The molecule has 28 heavy (non-hydrogen) atoms. The van der Waals surface area contributed by atoms with Crippen molar-refractivity contribution in [3.8, 4) is 17.2 Å². The fourth-order valence-electron chi connectivity index (χ4n) is 2.95. The van der Waals surface area contributed by atoms with Gasteiger partial charge in [-0.2, -0.15) is 0 Å². The Kier molecular flexibility index (Phi) is 8.74. The summed E-state index contributed by atoms with van der Waals surface area (Å²) in [7, 11) is 1.75. The lowest BCUT2D eigenvalue weighted by Gasteiger charge is -2.35. The lowest BCUT2D eigenvalue weighted by molar-refractivity contribution is 0.0914. The zero-order valence-corrected chi connectivity index (χ0v) is 18.5. The Morgan fingerprint density at radius 3 is 2.61 bits per heavy atom. The summed E-state index contributed by atoms with van der Waals surface area (Å²) in [6, 6.07) is 5.52. The predicted molar refractivity (Wildman–Crippen MR) is 115 cm³/mol. The van der Waals surface area contributed by atoms with E-state index in [1.165, 1.54) is 0 Å². The van der Waals surface area contributed by atoms with E-state index in [1.807, 2.05) is 25.1 Å². The number of hydrogen-bond donors (Lipinski definition) is 1. The molecule has 0 spiro atoms. The van der Waals surface area contributed by atoms with Gasteiger partial charge in [0.2, 0.25) is 6.79 Å². The Labute approximate surface area is 182 Å². The number of ether oxygens (including phenoxy) is 4. The van der Waals surface area contributed by atoms with Gasteiger partial charge in [-0.25, -0.2) is 4.79 Å². The number of hydrogen-bond acceptors (Lipinski definition) is 6. The molecule has 1 aromatic rings. The van der Waals surface area contributed by atoms with Gasteiger partial charge in [-0.3, -0.25) is 4.99 Å². The van der Waals surface area contributed by atoms with E-state index in [1.54, 1.807) is 11.9 Å². The van der Waals surface area contributed by atoms with Crippen LogP contribution in [0, 0.1) is 0 Å². The fourth-order valence-corrected chi connectivity index (χ4v) is 2.95. The van der Waals surface area contributed by atoms with Crippen LogP contribution in [0.3, 0.4) is 0 Å². The van der Waals surface area contributed by atoms with Gasteiger partial charge in [-0.15, -0.1) is 24.0 Å². The first-order chi connectivity index (χ1) is 13.2. The van der Waals surface area contributed by atoms with Crippen LogP contribution in [0.5, 0.6) is 17.2 Å². The topological polar surface area (TPSA) is 84.9 Å². The Bertz CT molecular complexity index is 680. The number of nitrogens with one attached hydrogen (secondary N) is 1. The third-order valence-corrected chi connectivity index (χ3v) is 4.31. The van der Waals surface area contributed by atoms with Gasteiger partial charge in [-0.05, 0) is 19.1 Å². The molecular formula is C18H27IN4O5. The van der Waals surface area contributed by atoms with Crippen LogP contribution < -0.4 is 19.5 Å². The zero-order chi connectivity index (χ0) is 19.1. The molecule has 2 heterocycles. The molecule has 1 N–H and O–H groups in total. The quantitative estimate of drug-likeness (QED) is 0.282. The van der Waals surface area contributed by atoms with Crippen molar-refractivity contribution in [1.29, 1.82) is 0 Å². The average molecular weight is 506 g/mol. The molecule has 0 unspecified atom stereocenters. The van der Waals surface area contributed by atoms with Crippen LogP contribution in [0.1, 0.15) is 6.92 Å². The molecule has 0 atom stereocenters. The maximum Gasteiger partial charge on any atom is 0.409 e. The number of carbonyl (C=O) groups is 1. The molecule has 0 saturated carbocycles. The minimum absolute atomic E-state index is 0. The van der Waals surface area contributed by atoms with Crippen LogP contribution in [0.25, 0.3) is 0 Å². The number of nitrogens with zero attached hydrogens (tertiary/aromatic N) is 3. The van der Waals surface area contributed by atoms with Gasteiger partial charge in [0.15, 0.2) is 17.5 Å². The summed E-state index contributed by atoms with van der Waals surface area (Å²) in [5.41, 5.74) is 0. The molecule has 0 aromatic heterocycles. The van der Waals surface area contributed by atoms with E-state index in [4.69, 9.17) is 18.9 Å². The summed E-state index contributed by atoms with van der Waals surface area (Å²) < 4.78 is 21.4. The molecule has 2 aliphatic rings. The van der Waals surface area contributed by atoms with Crippen LogP contribution in [0.15, 0.2) is 23.2 Å². The summed E-state index contributed by atoms with van der Waals surface area (Å²) in [6.07, 6.45) is -0.253. The third-order valence-electron chi connectivity index (χ3n) is 4.31. The van der Waals surface area contributed by atoms with Crippen molar-refractivity contribution in [2.24, 2.45) is 4.99 Å².